The highest BCUT2D eigenvalue weighted by atomic mass is 32.2. The summed E-state index contributed by atoms with van der Waals surface area (Å²) in [5.74, 6) is 0.705. The normalized spacial score (nSPS) is 18.7. The van der Waals surface area contributed by atoms with Crippen molar-refractivity contribution in [2.24, 2.45) is 5.92 Å². The van der Waals surface area contributed by atoms with Crippen LogP contribution < -0.4 is 5.32 Å². The van der Waals surface area contributed by atoms with E-state index in [9.17, 15) is 13.2 Å². The number of nitrogens with zero attached hydrogens (tertiary/aromatic N) is 2. The van der Waals surface area contributed by atoms with E-state index in [4.69, 9.17) is 0 Å². The fraction of sp³-hybridized carbons (Fsp3) is 0.650. The van der Waals surface area contributed by atoms with Crippen LogP contribution in [0, 0.1) is 5.92 Å². The molecule has 0 bridgehead atoms. The fourth-order valence-corrected chi connectivity index (χ4v) is 5.11. The molecule has 0 aliphatic heterocycles. The van der Waals surface area contributed by atoms with Gasteiger partial charge in [-0.25, -0.2) is 8.42 Å². The third-order valence-corrected chi connectivity index (χ3v) is 7.71. The minimum Gasteiger partial charge on any atom is -0.325 e. The van der Waals surface area contributed by atoms with Crippen LogP contribution in [0.3, 0.4) is 0 Å². The van der Waals surface area contributed by atoms with E-state index in [0.717, 1.165) is 5.92 Å². The summed E-state index contributed by atoms with van der Waals surface area (Å²) in [7, 11) is -3.47. The van der Waals surface area contributed by atoms with Gasteiger partial charge in [0.1, 0.15) is 0 Å². The summed E-state index contributed by atoms with van der Waals surface area (Å²) >= 11 is 0. The van der Waals surface area contributed by atoms with Crippen molar-refractivity contribution in [3.05, 3.63) is 24.3 Å². The van der Waals surface area contributed by atoms with Crippen LogP contribution in [-0.4, -0.2) is 55.2 Å². The molecule has 27 heavy (non-hydrogen) atoms. The first-order valence-corrected chi connectivity index (χ1v) is 11.5. The van der Waals surface area contributed by atoms with Gasteiger partial charge in [0.15, 0.2) is 0 Å². The number of hydrogen-bond donors (Lipinski definition) is 1. The highest BCUT2D eigenvalue weighted by Gasteiger charge is 2.39. The lowest BCUT2D eigenvalue weighted by Gasteiger charge is -2.28. The number of carbonyl (C=O) groups excluding carboxylic acids is 1. The highest BCUT2D eigenvalue weighted by Crippen LogP contribution is 2.39. The molecule has 2 aliphatic carbocycles. The largest absolute Gasteiger partial charge is 0.325 e. The number of benzene rings is 1. The van der Waals surface area contributed by atoms with E-state index in [-0.39, 0.29) is 10.8 Å². The summed E-state index contributed by atoms with van der Waals surface area (Å²) in [6.07, 6.45) is 4.91. The first-order chi connectivity index (χ1) is 12.9. The van der Waals surface area contributed by atoms with Crippen LogP contribution in [0.15, 0.2) is 29.2 Å². The molecule has 0 radical (unpaired) electrons. The van der Waals surface area contributed by atoms with Gasteiger partial charge >= 0.3 is 0 Å². The van der Waals surface area contributed by atoms with Gasteiger partial charge in [0.25, 0.3) is 0 Å². The topological polar surface area (TPSA) is 69.7 Å². The molecule has 150 valence electrons. The standard InChI is InChI=1S/C20H31N3O3S/c1-4-22(5-2)27(25,26)19-12-8-17(9-13-19)21-20(24)14-23(18-10-11-18)15(3)16-6-7-16/h8-9,12-13,15-16,18H,4-7,10-11,14H2,1-3H3,(H,21,24)/t15-/m0/s1. The second-order valence-electron chi connectivity index (χ2n) is 7.64. The van der Waals surface area contributed by atoms with Gasteiger partial charge in [-0.15, -0.1) is 0 Å². The Bertz CT molecular complexity index is 751. The van der Waals surface area contributed by atoms with Gasteiger partial charge in [-0.05, 0) is 62.8 Å². The Balaban J connectivity index is 1.61. The Labute approximate surface area is 163 Å². The molecule has 0 spiro atoms. The average molecular weight is 394 g/mol. The predicted octanol–water partition coefficient (Wildman–Crippen LogP) is 2.92. The fourth-order valence-electron chi connectivity index (χ4n) is 3.65. The summed E-state index contributed by atoms with van der Waals surface area (Å²) in [6, 6.07) is 7.47. The van der Waals surface area contributed by atoms with E-state index in [1.807, 2.05) is 13.8 Å². The van der Waals surface area contributed by atoms with Crippen LogP contribution in [0.5, 0.6) is 0 Å². The molecule has 1 aromatic carbocycles. The number of hydrogen-bond acceptors (Lipinski definition) is 4. The maximum Gasteiger partial charge on any atom is 0.243 e. The third-order valence-electron chi connectivity index (χ3n) is 5.65. The van der Waals surface area contributed by atoms with Crippen LogP contribution in [0.1, 0.15) is 46.5 Å². The highest BCUT2D eigenvalue weighted by molar-refractivity contribution is 7.89. The van der Waals surface area contributed by atoms with Gasteiger partial charge in [0.2, 0.25) is 15.9 Å². The molecular formula is C20H31N3O3S. The molecule has 2 saturated carbocycles. The van der Waals surface area contributed by atoms with Crippen molar-refractivity contribution in [1.82, 2.24) is 9.21 Å². The second kappa shape index (κ2) is 8.29. The van der Waals surface area contributed by atoms with Crippen LogP contribution in [0.4, 0.5) is 5.69 Å². The molecule has 7 heteroatoms. The molecule has 1 aromatic rings. The number of sulfonamides is 1. The van der Waals surface area contributed by atoms with E-state index >= 15 is 0 Å². The number of rotatable bonds is 10. The van der Waals surface area contributed by atoms with E-state index in [1.54, 1.807) is 24.3 Å². The van der Waals surface area contributed by atoms with Crippen molar-refractivity contribution >= 4 is 21.6 Å². The van der Waals surface area contributed by atoms with Crippen molar-refractivity contribution < 1.29 is 13.2 Å². The molecule has 1 atom stereocenters. The molecule has 0 saturated heterocycles. The molecule has 1 N–H and O–H groups in total. The van der Waals surface area contributed by atoms with Gasteiger partial charge in [0, 0.05) is 30.9 Å². The monoisotopic (exact) mass is 393 g/mol. The maximum atomic E-state index is 12.5. The van der Waals surface area contributed by atoms with Crippen LogP contribution in [-0.2, 0) is 14.8 Å². The van der Waals surface area contributed by atoms with Crippen molar-refractivity contribution in [1.29, 1.82) is 0 Å². The molecular weight excluding hydrogens is 362 g/mol. The summed E-state index contributed by atoms with van der Waals surface area (Å²) < 4.78 is 26.5. The van der Waals surface area contributed by atoms with Crippen molar-refractivity contribution in [2.75, 3.05) is 25.0 Å². The van der Waals surface area contributed by atoms with E-state index in [0.29, 0.717) is 37.4 Å². The summed E-state index contributed by atoms with van der Waals surface area (Å²) in [5, 5.41) is 2.92. The Kier molecular flexibility index (Phi) is 6.23. The molecule has 2 fully saturated rings. The van der Waals surface area contributed by atoms with Gasteiger partial charge in [0.05, 0.1) is 11.4 Å². The molecule has 3 rings (SSSR count). The van der Waals surface area contributed by atoms with Gasteiger partial charge in [-0.1, -0.05) is 13.8 Å². The molecule has 0 unspecified atom stereocenters. The Morgan fingerprint density at radius 1 is 1.11 bits per heavy atom. The Morgan fingerprint density at radius 2 is 1.70 bits per heavy atom. The summed E-state index contributed by atoms with van der Waals surface area (Å²) in [4.78, 5) is 15.1. The Hall–Kier alpha value is -1.44. The summed E-state index contributed by atoms with van der Waals surface area (Å²) in [6.45, 7) is 7.16. The SMILES string of the molecule is CCN(CC)S(=O)(=O)c1ccc(NC(=O)CN(C2CC2)[C@@H](C)C2CC2)cc1. The van der Waals surface area contributed by atoms with Crippen LogP contribution in [0.25, 0.3) is 0 Å². The lowest BCUT2D eigenvalue weighted by Crippen LogP contribution is -2.42. The van der Waals surface area contributed by atoms with E-state index in [2.05, 4.69) is 17.1 Å². The predicted molar refractivity (Wildman–Crippen MR) is 107 cm³/mol. The van der Waals surface area contributed by atoms with Crippen molar-refractivity contribution in [3.8, 4) is 0 Å². The van der Waals surface area contributed by atoms with Gasteiger partial charge in [-0.3, -0.25) is 9.69 Å². The summed E-state index contributed by atoms with van der Waals surface area (Å²) in [5.41, 5.74) is 0.633. The first kappa shape index (κ1) is 20.3. The van der Waals surface area contributed by atoms with Gasteiger partial charge in [-0.2, -0.15) is 4.31 Å². The molecule has 1 amide bonds. The van der Waals surface area contributed by atoms with Crippen molar-refractivity contribution in [3.63, 3.8) is 0 Å². The van der Waals surface area contributed by atoms with E-state index in [1.165, 1.54) is 30.0 Å². The van der Waals surface area contributed by atoms with Gasteiger partial charge < -0.3 is 5.32 Å². The number of carbonyl (C=O) groups is 1. The second-order valence-corrected chi connectivity index (χ2v) is 9.58. The van der Waals surface area contributed by atoms with Crippen molar-refractivity contribution in [2.45, 2.75) is 63.4 Å². The molecule has 0 heterocycles. The maximum absolute atomic E-state index is 12.5. The average Bonchev–Trinajstić information content (AvgIpc) is 3.53. The molecule has 2 aliphatic rings. The quantitative estimate of drug-likeness (QED) is 0.664. The number of anilines is 1. The lowest BCUT2D eigenvalue weighted by molar-refractivity contribution is -0.118. The van der Waals surface area contributed by atoms with Crippen LogP contribution >= 0.6 is 0 Å². The number of amides is 1. The zero-order chi connectivity index (χ0) is 19.6. The molecule has 6 nitrogen and oxygen atoms in total. The van der Waals surface area contributed by atoms with E-state index < -0.39 is 10.0 Å². The minimum absolute atomic E-state index is 0.0336. The molecule has 0 aromatic heterocycles. The first-order valence-electron chi connectivity index (χ1n) is 10.0. The van der Waals surface area contributed by atoms with Crippen LogP contribution in [0.2, 0.25) is 0 Å². The lowest BCUT2D eigenvalue weighted by atomic mass is 10.1. The smallest absolute Gasteiger partial charge is 0.243 e. The zero-order valence-electron chi connectivity index (χ0n) is 16.5. The Morgan fingerprint density at radius 3 is 2.19 bits per heavy atom. The third kappa shape index (κ3) is 4.89. The minimum atomic E-state index is -3.47. The number of nitrogens with one attached hydrogen (secondary N) is 1. The zero-order valence-corrected chi connectivity index (χ0v) is 17.3.